The molecule has 0 radical (unpaired) electrons. The van der Waals surface area contributed by atoms with Crippen molar-refractivity contribution >= 4 is 11.6 Å². The van der Waals surface area contributed by atoms with Gasteiger partial charge in [0.1, 0.15) is 5.82 Å². The standard InChI is InChI=1S/C16H22ClFO/c1-2-4-12-7-9-16(19,10-8-12)11-13-5-3-6-14(18)15(13)17/h3,5-6,12,19H,2,4,7-11H2,1H3. The second-order valence-corrected chi connectivity index (χ2v) is 6.22. The lowest BCUT2D eigenvalue weighted by Crippen LogP contribution is -2.36. The summed E-state index contributed by atoms with van der Waals surface area (Å²) in [6, 6.07) is 4.82. The van der Waals surface area contributed by atoms with E-state index in [1.807, 2.05) is 6.07 Å². The molecule has 0 aliphatic heterocycles. The van der Waals surface area contributed by atoms with Gasteiger partial charge in [-0.15, -0.1) is 0 Å². The predicted octanol–water partition coefficient (Wildman–Crippen LogP) is 4.74. The van der Waals surface area contributed by atoms with Crippen molar-refractivity contribution in [2.24, 2.45) is 5.92 Å². The van der Waals surface area contributed by atoms with Crippen LogP contribution >= 0.6 is 11.6 Å². The van der Waals surface area contributed by atoms with Gasteiger partial charge in [-0.1, -0.05) is 43.5 Å². The molecule has 0 saturated heterocycles. The Morgan fingerprint density at radius 1 is 1.37 bits per heavy atom. The summed E-state index contributed by atoms with van der Waals surface area (Å²) in [6.07, 6.45) is 6.64. The Kier molecular flexibility index (Phi) is 4.86. The van der Waals surface area contributed by atoms with Gasteiger partial charge in [0, 0.05) is 6.42 Å². The van der Waals surface area contributed by atoms with Crippen LogP contribution in [0.2, 0.25) is 5.02 Å². The van der Waals surface area contributed by atoms with E-state index in [0.29, 0.717) is 6.42 Å². The topological polar surface area (TPSA) is 20.2 Å². The number of benzene rings is 1. The van der Waals surface area contributed by atoms with E-state index in [9.17, 15) is 9.50 Å². The first-order valence-electron chi connectivity index (χ1n) is 7.19. The maximum absolute atomic E-state index is 13.4. The van der Waals surface area contributed by atoms with Gasteiger partial charge in [-0.2, -0.15) is 0 Å². The zero-order chi connectivity index (χ0) is 13.9. The molecule has 1 aromatic rings. The van der Waals surface area contributed by atoms with Gasteiger partial charge in [0.2, 0.25) is 0 Å². The third-order valence-corrected chi connectivity index (χ3v) is 4.71. The Balaban J connectivity index is 2.01. The van der Waals surface area contributed by atoms with Crippen LogP contribution in [0.25, 0.3) is 0 Å². The zero-order valence-corrected chi connectivity index (χ0v) is 12.2. The zero-order valence-electron chi connectivity index (χ0n) is 11.5. The summed E-state index contributed by atoms with van der Waals surface area (Å²) in [7, 11) is 0. The lowest BCUT2D eigenvalue weighted by molar-refractivity contribution is -0.00989. The minimum Gasteiger partial charge on any atom is -0.390 e. The van der Waals surface area contributed by atoms with Gasteiger partial charge in [-0.05, 0) is 43.2 Å². The van der Waals surface area contributed by atoms with Crippen LogP contribution < -0.4 is 0 Å². The Hall–Kier alpha value is -0.600. The average molecular weight is 285 g/mol. The molecule has 1 saturated carbocycles. The minimum atomic E-state index is -0.707. The fourth-order valence-corrected chi connectivity index (χ4v) is 3.32. The van der Waals surface area contributed by atoms with E-state index in [1.54, 1.807) is 6.07 Å². The van der Waals surface area contributed by atoms with E-state index in [4.69, 9.17) is 11.6 Å². The monoisotopic (exact) mass is 284 g/mol. The number of halogens is 2. The molecule has 3 heteroatoms. The highest BCUT2D eigenvalue weighted by Gasteiger charge is 2.33. The van der Waals surface area contributed by atoms with Gasteiger partial charge in [0.15, 0.2) is 0 Å². The molecule has 0 bridgehead atoms. The lowest BCUT2D eigenvalue weighted by atomic mass is 9.74. The Bertz CT molecular complexity index is 425. The highest BCUT2D eigenvalue weighted by molar-refractivity contribution is 6.31. The molecule has 0 unspecified atom stereocenters. The van der Waals surface area contributed by atoms with Gasteiger partial charge >= 0.3 is 0 Å². The molecule has 1 aliphatic carbocycles. The lowest BCUT2D eigenvalue weighted by Gasteiger charge is -2.36. The van der Waals surface area contributed by atoms with Gasteiger partial charge in [0.05, 0.1) is 10.6 Å². The quantitative estimate of drug-likeness (QED) is 0.846. The highest BCUT2D eigenvalue weighted by Crippen LogP contribution is 2.37. The van der Waals surface area contributed by atoms with Gasteiger partial charge in [0.25, 0.3) is 0 Å². The van der Waals surface area contributed by atoms with Crippen LogP contribution in [0.1, 0.15) is 51.0 Å². The van der Waals surface area contributed by atoms with Crippen molar-refractivity contribution in [3.63, 3.8) is 0 Å². The van der Waals surface area contributed by atoms with Crippen molar-refractivity contribution in [3.05, 3.63) is 34.6 Å². The van der Waals surface area contributed by atoms with Crippen LogP contribution in [-0.4, -0.2) is 10.7 Å². The molecule has 0 atom stereocenters. The summed E-state index contributed by atoms with van der Waals surface area (Å²) < 4.78 is 13.4. The number of aliphatic hydroxyl groups is 1. The van der Waals surface area contributed by atoms with E-state index in [-0.39, 0.29) is 5.02 Å². The molecule has 0 spiro atoms. The molecule has 0 aromatic heterocycles. The van der Waals surface area contributed by atoms with Crippen molar-refractivity contribution < 1.29 is 9.50 Å². The van der Waals surface area contributed by atoms with Crippen molar-refractivity contribution in [1.29, 1.82) is 0 Å². The van der Waals surface area contributed by atoms with Crippen LogP contribution in [0.5, 0.6) is 0 Å². The fourth-order valence-electron chi connectivity index (χ4n) is 3.13. The van der Waals surface area contributed by atoms with Crippen LogP contribution in [0.15, 0.2) is 18.2 Å². The average Bonchev–Trinajstić information content (AvgIpc) is 2.38. The van der Waals surface area contributed by atoms with Crippen LogP contribution in [-0.2, 0) is 6.42 Å². The summed E-state index contributed by atoms with van der Waals surface area (Å²) in [4.78, 5) is 0. The number of hydrogen-bond acceptors (Lipinski definition) is 1. The SMILES string of the molecule is CCCC1CCC(O)(Cc2cccc(F)c2Cl)CC1. The Morgan fingerprint density at radius 3 is 2.68 bits per heavy atom. The predicted molar refractivity (Wildman–Crippen MR) is 76.9 cm³/mol. The molecule has 1 N–H and O–H groups in total. The third kappa shape index (κ3) is 3.70. The molecule has 0 amide bonds. The molecule has 1 aliphatic rings. The molecular formula is C16H22ClFO. The van der Waals surface area contributed by atoms with Crippen molar-refractivity contribution in [2.45, 2.75) is 57.5 Å². The van der Waals surface area contributed by atoms with E-state index in [0.717, 1.165) is 37.2 Å². The van der Waals surface area contributed by atoms with Crippen molar-refractivity contribution in [1.82, 2.24) is 0 Å². The van der Waals surface area contributed by atoms with Crippen LogP contribution in [0.3, 0.4) is 0 Å². The summed E-state index contributed by atoms with van der Waals surface area (Å²) >= 11 is 5.97. The van der Waals surface area contributed by atoms with Gasteiger partial charge < -0.3 is 5.11 Å². The highest BCUT2D eigenvalue weighted by atomic mass is 35.5. The number of hydrogen-bond donors (Lipinski definition) is 1. The van der Waals surface area contributed by atoms with Gasteiger partial charge in [-0.25, -0.2) is 4.39 Å². The molecule has 2 rings (SSSR count). The number of rotatable bonds is 4. The molecular weight excluding hydrogens is 263 g/mol. The van der Waals surface area contributed by atoms with Crippen LogP contribution in [0, 0.1) is 11.7 Å². The molecule has 1 nitrogen and oxygen atoms in total. The van der Waals surface area contributed by atoms with Crippen LogP contribution in [0.4, 0.5) is 4.39 Å². The van der Waals surface area contributed by atoms with Crippen molar-refractivity contribution in [2.75, 3.05) is 0 Å². The van der Waals surface area contributed by atoms with Gasteiger partial charge in [-0.3, -0.25) is 0 Å². The van der Waals surface area contributed by atoms with E-state index < -0.39 is 11.4 Å². The summed E-state index contributed by atoms with van der Waals surface area (Å²) in [6.45, 7) is 2.20. The fraction of sp³-hybridized carbons (Fsp3) is 0.625. The molecule has 106 valence electrons. The summed E-state index contributed by atoms with van der Waals surface area (Å²) in [5.74, 6) is 0.343. The maximum Gasteiger partial charge on any atom is 0.142 e. The second-order valence-electron chi connectivity index (χ2n) is 5.85. The maximum atomic E-state index is 13.4. The molecule has 0 heterocycles. The van der Waals surface area contributed by atoms with E-state index in [1.165, 1.54) is 18.9 Å². The molecule has 1 aromatic carbocycles. The Morgan fingerprint density at radius 2 is 2.05 bits per heavy atom. The minimum absolute atomic E-state index is 0.159. The first-order valence-corrected chi connectivity index (χ1v) is 7.57. The second kappa shape index (κ2) is 6.23. The smallest absolute Gasteiger partial charge is 0.142 e. The molecule has 19 heavy (non-hydrogen) atoms. The first kappa shape index (κ1) is 14.8. The molecule has 1 fully saturated rings. The summed E-state index contributed by atoms with van der Waals surface area (Å²) in [5.41, 5.74) is 0.0138. The largest absolute Gasteiger partial charge is 0.390 e. The first-order chi connectivity index (χ1) is 9.04. The van der Waals surface area contributed by atoms with E-state index >= 15 is 0 Å². The Labute approximate surface area is 119 Å². The third-order valence-electron chi connectivity index (χ3n) is 4.28. The normalized spacial score (nSPS) is 27.5. The summed E-state index contributed by atoms with van der Waals surface area (Å²) in [5, 5.41) is 10.8. The van der Waals surface area contributed by atoms with Crippen molar-refractivity contribution in [3.8, 4) is 0 Å². The van der Waals surface area contributed by atoms with E-state index in [2.05, 4.69) is 6.92 Å².